The van der Waals surface area contributed by atoms with Crippen LogP contribution >= 0.6 is 11.8 Å². The van der Waals surface area contributed by atoms with Crippen molar-refractivity contribution in [3.05, 3.63) is 23.8 Å². The summed E-state index contributed by atoms with van der Waals surface area (Å²) in [6.07, 6.45) is 6.08. The molecule has 1 fully saturated rings. The second kappa shape index (κ2) is 7.07. The van der Waals surface area contributed by atoms with Gasteiger partial charge in [0.1, 0.15) is 0 Å². The summed E-state index contributed by atoms with van der Waals surface area (Å²) in [6.45, 7) is 0.301. The molecule has 1 amide bonds. The Labute approximate surface area is 129 Å². The van der Waals surface area contributed by atoms with E-state index in [1.54, 1.807) is 11.8 Å². The van der Waals surface area contributed by atoms with Gasteiger partial charge in [-0.05, 0) is 30.5 Å². The molecule has 21 heavy (non-hydrogen) atoms. The number of fused-ring (bicyclic) bond motifs is 1. The van der Waals surface area contributed by atoms with Crippen molar-refractivity contribution in [2.45, 2.75) is 43.9 Å². The molecule has 4 nitrogen and oxygen atoms in total. The van der Waals surface area contributed by atoms with Gasteiger partial charge in [0, 0.05) is 11.8 Å². The number of thioether (sulfide) groups is 1. The first-order valence-electron chi connectivity index (χ1n) is 7.57. The summed E-state index contributed by atoms with van der Waals surface area (Å²) < 4.78 is 10.6. The van der Waals surface area contributed by atoms with E-state index in [0.717, 1.165) is 35.7 Å². The fraction of sp³-hybridized carbons (Fsp3) is 0.562. The minimum absolute atomic E-state index is 0.160. The molecule has 1 aliphatic heterocycles. The van der Waals surface area contributed by atoms with Crippen LogP contribution in [0.4, 0.5) is 0 Å². The molecule has 0 saturated heterocycles. The Morgan fingerprint density at radius 2 is 2.00 bits per heavy atom. The molecule has 5 heteroatoms. The Morgan fingerprint density at radius 1 is 1.19 bits per heavy atom. The molecule has 0 aromatic heterocycles. The van der Waals surface area contributed by atoms with Crippen LogP contribution in [0.25, 0.3) is 0 Å². The third-order valence-corrected chi connectivity index (χ3v) is 4.91. The molecule has 0 spiro atoms. The molecule has 1 saturated carbocycles. The Kier molecular flexibility index (Phi) is 4.91. The van der Waals surface area contributed by atoms with E-state index in [2.05, 4.69) is 5.32 Å². The fourth-order valence-corrected chi connectivity index (χ4v) is 3.59. The molecule has 1 heterocycles. The van der Waals surface area contributed by atoms with E-state index < -0.39 is 0 Å². The number of nitrogens with one attached hydrogen (secondary N) is 1. The third-order valence-electron chi connectivity index (χ3n) is 3.91. The van der Waals surface area contributed by atoms with E-state index in [4.69, 9.17) is 9.47 Å². The summed E-state index contributed by atoms with van der Waals surface area (Å²) in [5, 5.41) is 3.14. The number of carbonyl (C=O) groups is 1. The standard InChI is InChI=1S/C16H21NO3S/c18-16(17-13-4-2-1-3-5-13)10-21-9-12-6-7-14-15(8-12)20-11-19-14/h6-8,13H,1-5,9-11H2,(H,17,18). The summed E-state index contributed by atoms with van der Waals surface area (Å²) in [4.78, 5) is 11.9. The van der Waals surface area contributed by atoms with Gasteiger partial charge >= 0.3 is 0 Å². The maximum absolute atomic E-state index is 11.9. The topological polar surface area (TPSA) is 47.6 Å². The maximum Gasteiger partial charge on any atom is 0.231 e. The first-order valence-corrected chi connectivity index (χ1v) is 8.72. The van der Waals surface area contributed by atoms with Crippen LogP contribution in [0.5, 0.6) is 11.5 Å². The lowest BCUT2D eigenvalue weighted by Crippen LogP contribution is -2.37. The third kappa shape index (κ3) is 4.06. The predicted octanol–water partition coefficient (Wildman–Crippen LogP) is 3.10. The average molecular weight is 307 g/mol. The van der Waals surface area contributed by atoms with E-state index in [1.165, 1.54) is 19.3 Å². The Morgan fingerprint density at radius 3 is 2.86 bits per heavy atom. The van der Waals surface area contributed by atoms with Gasteiger partial charge in [-0.15, -0.1) is 11.8 Å². The molecule has 0 unspecified atom stereocenters. The second-order valence-corrected chi connectivity index (χ2v) is 6.57. The summed E-state index contributed by atoms with van der Waals surface area (Å²) in [7, 11) is 0. The number of hydrogen-bond acceptors (Lipinski definition) is 4. The lowest BCUT2D eigenvalue weighted by Gasteiger charge is -2.22. The van der Waals surface area contributed by atoms with Crippen molar-refractivity contribution in [1.29, 1.82) is 0 Å². The molecule has 0 radical (unpaired) electrons. The Balaban J connectivity index is 1.40. The van der Waals surface area contributed by atoms with E-state index in [-0.39, 0.29) is 5.91 Å². The normalized spacial score (nSPS) is 17.7. The largest absolute Gasteiger partial charge is 0.454 e. The molecule has 114 valence electrons. The van der Waals surface area contributed by atoms with Crippen molar-refractivity contribution in [3.63, 3.8) is 0 Å². The minimum atomic E-state index is 0.160. The highest BCUT2D eigenvalue weighted by molar-refractivity contribution is 7.99. The number of hydrogen-bond donors (Lipinski definition) is 1. The summed E-state index contributed by atoms with van der Waals surface area (Å²) in [5.41, 5.74) is 1.16. The molecular weight excluding hydrogens is 286 g/mol. The number of ether oxygens (including phenoxy) is 2. The van der Waals surface area contributed by atoms with Crippen molar-refractivity contribution < 1.29 is 14.3 Å². The zero-order chi connectivity index (χ0) is 14.5. The fourth-order valence-electron chi connectivity index (χ4n) is 2.81. The van der Waals surface area contributed by atoms with Gasteiger partial charge in [-0.2, -0.15) is 0 Å². The molecule has 2 aliphatic rings. The van der Waals surface area contributed by atoms with Gasteiger partial charge in [0.05, 0.1) is 5.75 Å². The van der Waals surface area contributed by atoms with Crippen molar-refractivity contribution in [1.82, 2.24) is 5.32 Å². The van der Waals surface area contributed by atoms with Gasteiger partial charge in [0.15, 0.2) is 11.5 Å². The number of carbonyl (C=O) groups excluding carboxylic acids is 1. The van der Waals surface area contributed by atoms with E-state index in [1.807, 2.05) is 18.2 Å². The quantitative estimate of drug-likeness (QED) is 0.908. The lowest BCUT2D eigenvalue weighted by molar-refractivity contribution is -0.119. The molecule has 1 aromatic rings. The van der Waals surface area contributed by atoms with E-state index in [0.29, 0.717) is 18.6 Å². The number of benzene rings is 1. The van der Waals surface area contributed by atoms with Crippen LogP contribution in [0.3, 0.4) is 0 Å². The minimum Gasteiger partial charge on any atom is -0.454 e. The molecule has 1 aliphatic carbocycles. The van der Waals surface area contributed by atoms with Crippen LogP contribution in [-0.2, 0) is 10.5 Å². The summed E-state index contributed by atoms with van der Waals surface area (Å²) >= 11 is 1.64. The zero-order valence-corrected chi connectivity index (χ0v) is 12.9. The smallest absolute Gasteiger partial charge is 0.231 e. The average Bonchev–Trinajstić information content (AvgIpc) is 2.96. The van der Waals surface area contributed by atoms with Crippen LogP contribution in [0, 0.1) is 0 Å². The molecule has 0 atom stereocenters. The molecule has 0 bridgehead atoms. The van der Waals surface area contributed by atoms with Gasteiger partial charge in [-0.25, -0.2) is 0 Å². The van der Waals surface area contributed by atoms with Gasteiger partial charge in [-0.3, -0.25) is 4.79 Å². The van der Waals surface area contributed by atoms with Crippen LogP contribution in [0.15, 0.2) is 18.2 Å². The van der Waals surface area contributed by atoms with Crippen LogP contribution in [0.2, 0.25) is 0 Å². The van der Waals surface area contributed by atoms with E-state index in [9.17, 15) is 4.79 Å². The Bertz CT molecular complexity index is 500. The highest BCUT2D eigenvalue weighted by Crippen LogP contribution is 2.33. The summed E-state index contributed by atoms with van der Waals surface area (Å²) in [6, 6.07) is 6.35. The second-order valence-electron chi connectivity index (χ2n) is 5.58. The molecular formula is C16H21NO3S. The van der Waals surface area contributed by atoms with Crippen LogP contribution in [0.1, 0.15) is 37.7 Å². The zero-order valence-electron chi connectivity index (χ0n) is 12.1. The van der Waals surface area contributed by atoms with Crippen molar-refractivity contribution in [2.75, 3.05) is 12.5 Å². The first kappa shape index (κ1) is 14.6. The van der Waals surface area contributed by atoms with Gasteiger partial charge in [-0.1, -0.05) is 25.3 Å². The first-order chi connectivity index (χ1) is 10.3. The lowest BCUT2D eigenvalue weighted by atomic mass is 9.95. The van der Waals surface area contributed by atoms with Gasteiger partial charge < -0.3 is 14.8 Å². The van der Waals surface area contributed by atoms with E-state index >= 15 is 0 Å². The highest BCUT2D eigenvalue weighted by atomic mass is 32.2. The van der Waals surface area contributed by atoms with Crippen molar-refractivity contribution in [2.24, 2.45) is 0 Å². The van der Waals surface area contributed by atoms with Crippen LogP contribution < -0.4 is 14.8 Å². The molecule has 1 N–H and O–H groups in total. The highest BCUT2D eigenvalue weighted by Gasteiger charge is 2.16. The summed E-state index contributed by atoms with van der Waals surface area (Å²) in [5.74, 6) is 3.10. The van der Waals surface area contributed by atoms with Gasteiger partial charge in [0.2, 0.25) is 12.7 Å². The number of amides is 1. The van der Waals surface area contributed by atoms with Crippen molar-refractivity contribution in [3.8, 4) is 11.5 Å². The molecule has 1 aromatic carbocycles. The Hall–Kier alpha value is -1.36. The van der Waals surface area contributed by atoms with Gasteiger partial charge in [0.25, 0.3) is 0 Å². The van der Waals surface area contributed by atoms with Crippen molar-refractivity contribution >= 4 is 17.7 Å². The molecule has 3 rings (SSSR count). The maximum atomic E-state index is 11.9. The number of rotatable bonds is 5. The monoisotopic (exact) mass is 307 g/mol. The SMILES string of the molecule is O=C(CSCc1ccc2c(c1)OCO2)NC1CCCCC1. The van der Waals surface area contributed by atoms with Crippen LogP contribution in [-0.4, -0.2) is 24.5 Å². The predicted molar refractivity (Wildman–Crippen MR) is 83.7 cm³/mol.